The molecule has 2 rings (SSSR count). The number of halogens is 1. The Morgan fingerprint density at radius 1 is 1.43 bits per heavy atom. The predicted octanol–water partition coefficient (Wildman–Crippen LogP) is 0.873. The van der Waals surface area contributed by atoms with Crippen molar-refractivity contribution in [2.24, 2.45) is 5.73 Å². The maximum atomic E-state index is 11.5. The van der Waals surface area contributed by atoms with Gasteiger partial charge in [0.25, 0.3) is 0 Å². The standard InChI is InChI=1S/C11H11ClN6O3/c12-8-4-2-1-3-7(8)9(5-18-15-6-14-17-18)21-11(20)16-10(13)19/h1-4,6,9H,5H2,(H3,13,16,19,20). The van der Waals surface area contributed by atoms with Crippen molar-refractivity contribution in [3.8, 4) is 0 Å². The van der Waals surface area contributed by atoms with Crippen molar-refractivity contribution in [2.75, 3.05) is 0 Å². The number of amides is 3. The van der Waals surface area contributed by atoms with Gasteiger partial charge in [-0.15, -0.1) is 10.2 Å². The van der Waals surface area contributed by atoms with Crippen LogP contribution in [0.3, 0.4) is 0 Å². The van der Waals surface area contributed by atoms with Crippen LogP contribution < -0.4 is 11.1 Å². The Balaban J connectivity index is 2.20. The largest absolute Gasteiger partial charge is 0.439 e. The van der Waals surface area contributed by atoms with Crippen LogP contribution in [0.1, 0.15) is 11.7 Å². The number of primary amides is 1. The first-order valence-corrected chi connectivity index (χ1v) is 6.16. The number of urea groups is 1. The normalized spacial score (nSPS) is 11.7. The summed E-state index contributed by atoms with van der Waals surface area (Å²) in [5, 5.41) is 13.3. The maximum absolute atomic E-state index is 11.5. The predicted molar refractivity (Wildman–Crippen MR) is 71.2 cm³/mol. The number of nitrogens with two attached hydrogens (primary N) is 1. The van der Waals surface area contributed by atoms with Crippen LogP contribution in [-0.4, -0.2) is 32.3 Å². The monoisotopic (exact) mass is 310 g/mol. The molecule has 1 heterocycles. The van der Waals surface area contributed by atoms with E-state index in [1.807, 2.05) is 5.32 Å². The molecule has 0 fully saturated rings. The number of tetrazole rings is 1. The van der Waals surface area contributed by atoms with Gasteiger partial charge in [0.05, 0.1) is 0 Å². The summed E-state index contributed by atoms with van der Waals surface area (Å²) < 4.78 is 5.14. The van der Waals surface area contributed by atoms with E-state index in [-0.39, 0.29) is 6.54 Å². The third-order valence-corrected chi connectivity index (χ3v) is 2.79. The molecule has 1 atom stereocenters. The molecule has 10 heteroatoms. The zero-order valence-corrected chi connectivity index (χ0v) is 11.4. The number of hydrogen-bond acceptors (Lipinski definition) is 6. The number of ether oxygens (including phenoxy) is 1. The molecule has 1 aromatic heterocycles. The Morgan fingerprint density at radius 2 is 2.19 bits per heavy atom. The lowest BCUT2D eigenvalue weighted by Gasteiger charge is -2.18. The van der Waals surface area contributed by atoms with E-state index in [4.69, 9.17) is 22.1 Å². The van der Waals surface area contributed by atoms with Crippen LogP contribution in [0, 0.1) is 0 Å². The Kier molecular flexibility index (Phi) is 4.67. The first kappa shape index (κ1) is 14.7. The van der Waals surface area contributed by atoms with Gasteiger partial charge in [-0.3, -0.25) is 0 Å². The molecule has 0 aliphatic heterocycles. The van der Waals surface area contributed by atoms with Gasteiger partial charge in [0.15, 0.2) is 12.4 Å². The number of rotatable bonds is 4. The SMILES string of the molecule is NC(=O)NC(=O)OC(Cn1ncnn1)c1ccccc1Cl. The minimum atomic E-state index is -1.02. The van der Waals surface area contributed by atoms with E-state index in [9.17, 15) is 9.59 Å². The van der Waals surface area contributed by atoms with Crippen LogP contribution >= 0.6 is 11.6 Å². The number of alkyl carbamates (subject to hydrolysis) is 1. The van der Waals surface area contributed by atoms with Crippen molar-refractivity contribution in [1.29, 1.82) is 0 Å². The summed E-state index contributed by atoms with van der Waals surface area (Å²) in [6.07, 6.45) is -0.563. The zero-order chi connectivity index (χ0) is 15.2. The van der Waals surface area contributed by atoms with E-state index in [1.54, 1.807) is 24.3 Å². The van der Waals surface area contributed by atoms with Crippen LogP contribution in [0.4, 0.5) is 9.59 Å². The van der Waals surface area contributed by atoms with Gasteiger partial charge in [-0.2, -0.15) is 4.80 Å². The lowest BCUT2D eigenvalue weighted by atomic mass is 10.1. The van der Waals surface area contributed by atoms with Gasteiger partial charge in [-0.05, 0) is 11.3 Å². The van der Waals surface area contributed by atoms with E-state index in [1.165, 1.54) is 11.1 Å². The summed E-state index contributed by atoms with van der Waals surface area (Å²) in [7, 11) is 0. The Hall–Kier alpha value is -2.68. The first-order chi connectivity index (χ1) is 10.1. The van der Waals surface area contributed by atoms with Gasteiger partial charge < -0.3 is 10.5 Å². The van der Waals surface area contributed by atoms with Gasteiger partial charge in [-0.25, -0.2) is 14.9 Å². The number of carbonyl (C=O) groups is 2. The zero-order valence-electron chi connectivity index (χ0n) is 10.6. The highest BCUT2D eigenvalue weighted by atomic mass is 35.5. The molecule has 0 bridgehead atoms. The first-order valence-electron chi connectivity index (χ1n) is 5.78. The molecular formula is C11H11ClN6O3. The number of nitrogens with zero attached hydrogens (tertiary/aromatic N) is 4. The van der Waals surface area contributed by atoms with Crippen molar-refractivity contribution in [3.63, 3.8) is 0 Å². The Morgan fingerprint density at radius 3 is 2.81 bits per heavy atom. The summed E-state index contributed by atoms with van der Waals surface area (Å²) >= 11 is 6.08. The number of benzene rings is 1. The summed E-state index contributed by atoms with van der Waals surface area (Å²) in [4.78, 5) is 23.4. The lowest BCUT2D eigenvalue weighted by molar-refractivity contribution is 0.0843. The fourth-order valence-electron chi connectivity index (χ4n) is 1.62. The topological polar surface area (TPSA) is 125 Å². The van der Waals surface area contributed by atoms with Crippen LogP contribution in [0.5, 0.6) is 0 Å². The van der Waals surface area contributed by atoms with Gasteiger partial charge in [0, 0.05) is 10.6 Å². The second kappa shape index (κ2) is 6.66. The summed E-state index contributed by atoms with van der Waals surface area (Å²) in [6, 6.07) is 5.78. The minimum absolute atomic E-state index is 0.0793. The molecule has 110 valence electrons. The summed E-state index contributed by atoms with van der Waals surface area (Å²) in [5.74, 6) is 0. The average Bonchev–Trinajstić information content (AvgIpc) is 2.90. The molecule has 0 saturated heterocycles. The van der Waals surface area contributed by atoms with Crippen molar-refractivity contribution >= 4 is 23.7 Å². The van der Waals surface area contributed by atoms with E-state index in [0.717, 1.165) is 0 Å². The minimum Gasteiger partial charge on any atom is -0.439 e. The van der Waals surface area contributed by atoms with Crippen molar-refractivity contribution in [3.05, 3.63) is 41.2 Å². The van der Waals surface area contributed by atoms with E-state index < -0.39 is 18.2 Å². The van der Waals surface area contributed by atoms with Gasteiger partial charge >= 0.3 is 12.1 Å². The highest BCUT2D eigenvalue weighted by Crippen LogP contribution is 2.26. The average molecular weight is 311 g/mol. The van der Waals surface area contributed by atoms with E-state index >= 15 is 0 Å². The fraction of sp³-hybridized carbons (Fsp3) is 0.182. The Labute approximate surface area is 124 Å². The van der Waals surface area contributed by atoms with Gasteiger partial charge in [0.2, 0.25) is 0 Å². The third kappa shape index (κ3) is 4.14. The van der Waals surface area contributed by atoms with Gasteiger partial charge in [-0.1, -0.05) is 29.8 Å². The molecule has 0 aliphatic rings. The van der Waals surface area contributed by atoms with Crippen LogP contribution in [0.25, 0.3) is 0 Å². The number of imide groups is 1. The number of nitrogens with one attached hydrogen (secondary N) is 1. The van der Waals surface area contributed by atoms with E-state index in [2.05, 4.69) is 15.4 Å². The Bertz CT molecular complexity index is 633. The molecule has 1 aromatic carbocycles. The second-order valence-corrected chi connectivity index (χ2v) is 4.30. The smallest absolute Gasteiger partial charge is 0.415 e. The van der Waals surface area contributed by atoms with Crippen molar-refractivity contribution in [1.82, 2.24) is 25.5 Å². The van der Waals surface area contributed by atoms with Crippen molar-refractivity contribution < 1.29 is 14.3 Å². The molecule has 3 N–H and O–H groups in total. The quantitative estimate of drug-likeness (QED) is 0.863. The molecule has 9 nitrogen and oxygen atoms in total. The molecule has 0 spiro atoms. The number of hydrogen-bond donors (Lipinski definition) is 2. The summed E-state index contributed by atoms with van der Waals surface area (Å²) in [5.41, 5.74) is 5.39. The fourth-order valence-corrected chi connectivity index (χ4v) is 1.87. The van der Waals surface area contributed by atoms with Crippen molar-refractivity contribution in [2.45, 2.75) is 12.6 Å². The molecule has 1 unspecified atom stereocenters. The van der Waals surface area contributed by atoms with E-state index in [0.29, 0.717) is 10.6 Å². The third-order valence-electron chi connectivity index (χ3n) is 2.45. The number of carbonyl (C=O) groups excluding carboxylic acids is 2. The second-order valence-electron chi connectivity index (χ2n) is 3.90. The van der Waals surface area contributed by atoms with Crippen LogP contribution in [-0.2, 0) is 11.3 Å². The molecule has 0 radical (unpaired) electrons. The summed E-state index contributed by atoms with van der Waals surface area (Å²) in [6.45, 7) is 0.0793. The maximum Gasteiger partial charge on any atom is 0.415 e. The lowest BCUT2D eigenvalue weighted by Crippen LogP contribution is -2.36. The van der Waals surface area contributed by atoms with Crippen LogP contribution in [0.15, 0.2) is 30.6 Å². The molecule has 3 amide bonds. The van der Waals surface area contributed by atoms with Gasteiger partial charge in [0.1, 0.15) is 6.54 Å². The highest BCUT2D eigenvalue weighted by molar-refractivity contribution is 6.31. The highest BCUT2D eigenvalue weighted by Gasteiger charge is 2.21. The molecule has 0 saturated carbocycles. The molecule has 21 heavy (non-hydrogen) atoms. The molecule has 0 aliphatic carbocycles. The van der Waals surface area contributed by atoms with Crippen LogP contribution in [0.2, 0.25) is 5.02 Å². The molecular weight excluding hydrogens is 300 g/mol. The number of aromatic nitrogens is 4. The molecule has 2 aromatic rings.